The SMILES string of the molecule is Cc1onc(-c2c(Cl)cccc2Cl)c1C(=O)N1CCN(c2ccccn2)CC1. The minimum atomic E-state index is -0.134. The predicted molar refractivity (Wildman–Crippen MR) is 109 cm³/mol. The largest absolute Gasteiger partial charge is 0.360 e. The molecule has 1 fully saturated rings. The third kappa shape index (κ3) is 3.45. The summed E-state index contributed by atoms with van der Waals surface area (Å²) in [4.78, 5) is 21.6. The molecule has 1 amide bonds. The van der Waals surface area contributed by atoms with E-state index in [4.69, 9.17) is 27.7 Å². The monoisotopic (exact) mass is 416 g/mol. The molecule has 0 bridgehead atoms. The van der Waals surface area contributed by atoms with Gasteiger partial charge in [0.25, 0.3) is 5.91 Å². The number of carbonyl (C=O) groups excluding carboxylic acids is 1. The van der Waals surface area contributed by atoms with E-state index in [1.165, 1.54) is 0 Å². The quantitative estimate of drug-likeness (QED) is 0.636. The van der Waals surface area contributed by atoms with Crippen molar-refractivity contribution in [3.63, 3.8) is 0 Å². The number of hydrogen-bond acceptors (Lipinski definition) is 5. The highest BCUT2D eigenvalue weighted by Crippen LogP contribution is 2.37. The summed E-state index contributed by atoms with van der Waals surface area (Å²) in [5.74, 6) is 1.23. The fourth-order valence-electron chi connectivity index (χ4n) is 3.36. The Balaban J connectivity index is 1.58. The van der Waals surface area contributed by atoms with Crippen LogP contribution in [0, 0.1) is 6.92 Å². The van der Waals surface area contributed by atoms with Gasteiger partial charge in [-0.25, -0.2) is 4.98 Å². The maximum absolute atomic E-state index is 13.2. The molecule has 1 aromatic carbocycles. The Morgan fingerprint density at radius 1 is 1.04 bits per heavy atom. The number of aryl methyl sites for hydroxylation is 1. The molecule has 1 aliphatic rings. The fraction of sp³-hybridized carbons (Fsp3) is 0.250. The number of carbonyl (C=O) groups is 1. The number of piperazine rings is 1. The molecule has 144 valence electrons. The predicted octanol–water partition coefficient (Wildman–Crippen LogP) is 4.31. The Morgan fingerprint density at radius 3 is 2.39 bits per heavy atom. The van der Waals surface area contributed by atoms with Crippen molar-refractivity contribution >= 4 is 34.9 Å². The van der Waals surface area contributed by atoms with E-state index in [2.05, 4.69) is 15.0 Å². The molecule has 0 radical (unpaired) electrons. The highest BCUT2D eigenvalue weighted by molar-refractivity contribution is 6.39. The molecular formula is C20H18Cl2N4O2. The lowest BCUT2D eigenvalue weighted by Crippen LogP contribution is -2.49. The molecule has 1 saturated heterocycles. The first-order valence-electron chi connectivity index (χ1n) is 8.92. The highest BCUT2D eigenvalue weighted by Gasteiger charge is 2.30. The first-order valence-corrected chi connectivity index (χ1v) is 9.67. The molecule has 3 heterocycles. The van der Waals surface area contributed by atoms with Gasteiger partial charge in [-0.2, -0.15) is 0 Å². The minimum absolute atomic E-state index is 0.134. The molecule has 0 spiro atoms. The second-order valence-corrected chi connectivity index (χ2v) is 7.34. The lowest BCUT2D eigenvalue weighted by atomic mass is 10.0. The van der Waals surface area contributed by atoms with Gasteiger partial charge in [-0.15, -0.1) is 0 Å². The van der Waals surface area contributed by atoms with Gasteiger partial charge in [0.2, 0.25) is 0 Å². The lowest BCUT2D eigenvalue weighted by Gasteiger charge is -2.35. The molecule has 1 aliphatic heterocycles. The summed E-state index contributed by atoms with van der Waals surface area (Å²) in [6.07, 6.45) is 1.77. The zero-order chi connectivity index (χ0) is 19.7. The summed E-state index contributed by atoms with van der Waals surface area (Å²) >= 11 is 12.6. The summed E-state index contributed by atoms with van der Waals surface area (Å²) in [5.41, 5.74) is 1.30. The zero-order valence-corrected chi connectivity index (χ0v) is 16.7. The first kappa shape index (κ1) is 18.8. The number of hydrogen-bond donors (Lipinski definition) is 0. The maximum Gasteiger partial charge on any atom is 0.259 e. The third-order valence-electron chi connectivity index (χ3n) is 4.82. The number of anilines is 1. The van der Waals surface area contributed by atoms with Crippen molar-refractivity contribution in [1.82, 2.24) is 15.0 Å². The fourth-order valence-corrected chi connectivity index (χ4v) is 3.93. The molecule has 2 aromatic heterocycles. The number of pyridine rings is 1. The van der Waals surface area contributed by atoms with Crippen LogP contribution in [0.25, 0.3) is 11.3 Å². The second-order valence-electron chi connectivity index (χ2n) is 6.53. The standard InChI is InChI=1S/C20H18Cl2N4O2/c1-13-17(19(24-28-13)18-14(21)5-4-6-15(18)22)20(27)26-11-9-25(10-12-26)16-7-2-3-8-23-16/h2-8H,9-12H2,1H3. The van der Waals surface area contributed by atoms with E-state index in [0.29, 0.717) is 58.8 Å². The van der Waals surface area contributed by atoms with Crippen molar-refractivity contribution in [2.24, 2.45) is 0 Å². The van der Waals surface area contributed by atoms with Crippen LogP contribution in [0.5, 0.6) is 0 Å². The molecule has 3 aromatic rings. The Hall–Kier alpha value is -2.57. The molecule has 4 rings (SSSR count). The normalized spacial score (nSPS) is 14.4. The molecular weight excluding hydrogens is 399 g/mol. The highest BCUT2D eigenvalue weighted by atomic mass is 35.5. The summed E-state index contributed by atoms with van der Waals surface area (Å²) < 4.78 is 5.33. The van der Waals surface area contributed by atoms with Crippen LogP contribution in [0.1, 0.15) is 16.1 Å². The van der Waals surface area contributed by atoms with Gasteiger partial charge < -0.3 is 14.3 Å². The molecule has 6 nitrogen and oxygen atoms in total. The van der Waals surface area contributed by atoms with Crippen LogP contribution in [-0.2, 0) is 0 Å². The number of benzene rings is 1. The van der Waals surface area contributed by atoms with Crippen LogP contribution >= 0.6 is 23.2 Å². The van der Waals surface area contributed by atoms with Crippen molar-refractivity contribution in [2.75, 3.05) is 31.1 Å². The molecule has 28 heavy (non-hydrogen) atoms. The Morgan fingerprint density at radius 2 is 1.75 bits per heavy atom. The molecule has 8 heteroatoms. The molecule has 0 unspecified atom stereocenters. The average molecular weight is 417 g/mol. The zero-order valence-electron chi connectivity index (χ0n) is 15.2. The van der Waals surface area contributed by atoms with E-state index in [0.717, 1.165) is 5.82 Å². The minimum Gasteiger partial charge on any atom is -0.360 e. The summed E-state index contributed by atoms with van der Waals surface area (Å²) in [5, 5.41) is 4.93. The molecule has 0 atom stereocenters. The topological polar surface area (TPSA) is 62.5 Å². The summed E-state index contributed by atoms with van der Waals surface area (Å²) in [7, 11) is 0. The van der Waals surface area contributed by atoms with Crippen LogP contribution in [0.4, 0.5) is 5.82 Å². The summed E-state index contributed by atoms with van der Waals surface area (Å²) in [6.45, 7) is 4.29. The Kier molecular flexibility index (Phi) is 5.24. The third-order valence-corrected chi connectivity index (χ3v) is 5.45. The summed E-state index contributed by atoms with van der Waals surface area (Å²) in [6, 6.07) is 11.0. The van der Waals surface area contributed by atoms with Crippen molar-refractivity contribution in [1.29, 1.82) is 0 Å². The number of nitrogens with zero attached hydrogens (tertiary/aromatic N) is 4. The number of rotatable bonds is 3. The van der Waals surface area contributed by atoms with Gasteiger partial charge in [-0.05, 0) is 31.2 Å². The number of halogens is 2. The van der Waals surface area contributed by atoms with Gasteiger partial charge in [-0.3, -0.25) is 4.79 Å². The molecule has 0 N–H and O–H groups in total. The van der Waals surface area contributed by atoms with Crippen molar-refractivity contribution in [3.05, 3.63) is 64.0 Å². The molecule has 0 saturated carbocycles. The van der Waals surface area contributed by atoms with Crippen molar-refractivity contribution in [3.8, 4) is 11.3 Å². The van der Waals surface area contributed by atoms with Crippen LogP contribution in [0.15, 0.2) is 47.1 Å². The van der Waals surface area contributed by atoms with Crippen LogP contribution in [-0.4, -0.2) is 47.1 Å². The maximum atomic E-state index is 13.2. The van der Waals surface area contributed by atoms with Gasteiger partial charge >= 0.3 is 0 Å². The molecule has 0 aliphatic carbocycles. The van der Waals surface area contributed by atoms with E-state index < -0.39 is 0 Å². The van der Waals surface area contributed by atoms with Crippen LogP contribution < -0.4 is 4.90 Å². The lowest BCUT2D eigenvalue weighted by molar-refractivity contribution is 0.0745. The van der Waals surface area contributed by atoms with E-state index in [1.54, 1.807) is 36.2 Å². The number of aromatic nitrogens is 2. The van der Waals surface area contributed by atoms with Crippen LogP contribution in [0.2, 0.25) is 10.0 Å². The van der Waals surface area contributed by atoms with Crippen molar-refractivity contribution < 1.29 is 9.32 Å². The first-order chi connectivity index (χ1) is 13.6. The van der Waals surface area contributed by atoms with Crippen molar-refractivity contribution in [2.45, 2.75) is 6.92 Å². The Labute approximate surface area is 172 Å². The van der Waals surface area contributed by atoms with Gasteiger partial charge in [0, 0.05) is 37.9 Å². The number of amides is 1. The van der Waals surface area contributed by atoms with Crippen LogP contribution in [0.3, 0.4) is 0 Å². The average Bonchev–Trinajstić information content (AvgIpc) is 3.09. The van der Waals surface area contributed by atoms with E-state index in [9.17, 15) is 4.79 Å². The van der Waals surface area contributed by atoms with E-state index in [1.807, 2.05) is 18.2 Å². The van der Waals surface area contributed by atoms with Gasteiger partial charge in [0.15, 0.2) is 0 Å². The Bertz CT molecular complexity index is 978. The van der Waals surface area contributed by atoms with E-state index >= 15 is 0 Å². The smallest absolute Gasteiger partial charge is 0.259 e. The second kappa shape index (κ2) is 7.81. The van der Waals surface area contributed by atoms with Gasteiger partial charge in [-0.1, -0.05) is 40.5 Å². The van der Waals surface area contributed by atoms with Gasteiger partial charge in [0.1, 0.15) is 22.8 Å². The van der Waals surface area contributed by atoms with E-state index in [-0.39, 0.29) is 5.91 Å². The van der Waals surface area contributed by atoms with Gasteiger partial charge in [0.05, 0.1) is 10.0 Å².